The maximum atomic E-state index is 12.1. The zero-order chi connectivity index (χ0) is 20.7. The number of carbonyl (C=O) groups excluding carboxylic acids is 3. The Kier molecular flexibility index (Phi) is 7.03. The molecule has 0 bridgehead atoms. The SMILES string of the molecule is COC(=O)C(Cc1c(C)cc(C(N)=O)cc1C)=NC(=O)OCc1ccccc1. The van der Waals surface area contributed by atoms with E-state index in [4.69, 9.17) is 15.2 Å². The number of ether oxygens (including phenoxy) is 2. The summed E-state index contributed by atoms with van der Waals surface area (Å²) in [5.74, 6) is -1.27. The van der Waals surface area contributed by atoms with E-state index in [1.54, 1.807) is 26.0 Å². The van der Waals surface area contributed by atoms with Gasteiger partial charge in [0.15, 0.2) is 0 Å². The molecule has 146 valence electrons. The van der Waals surface area contributed by atoms with Crippen molar-refractivity contribution in [1.29, 1.82) is 0 Å². The summed E-state index contributed by atoms with van der Waals surface area (Å²) in [6.07, 6.45) is -0.822. The minimum absolute atomic E-state index is 0.0446. The largest absolute Gasteiger partial charge is 0.465 e. The minimum Gasteiger partial charge on any atom is -0.465 e. The molecule has 0 heterocycles. The number of amides is 2. The lowest BCUT2D eigenvalue weighted by Crippen LogP contribution is -2.22. The molecule has 0 spiro atoms. The van der Waals surface area contributed by atoms with E-state index in [-0.39, 0.29) is 18.7 Å². The lowest BCUT2D eigenvalue weighted by atomic mass is 9.95. The van der Waals surface area contributed by atoms with Crippen LogP contribution in [0.4, 0.5) is 4.79 Å². The van der Waals surface area contributed by atoms with Gasteiger partial charge in [0, 0.05) is 12.0 Å². The average Bonchev–Trinajstić information content (AvgIpc) is 2.68. The van der Waals surface area contributed by atoms with Crippen molar-refractivity contribution in [3.63, 3.8) is 0 Å². The quantitative estimate of drug-likeness (QED) is 0.610. The van der Waals surface area contributed by atoms with Gasteiger partial charge in [-0.3, -0.25) is 4.79 Å². The highest BCUT2D eigenvalue weighted by Gasteiger charge is 2.19. The number of aliphatic imine (C=N–C) groups is 1. The van der Waals surface area contributed by atoms with Gasteiger partial charge in [-0.15, -0.1) is 0 Å². The summed E-state index contributed by atoms with van der Waals surface area (Å²) in [5, 5.41) is 0. The number of hydrogen-bond acceptors (Lipinski definition) is 5. The summed E-state index contributed by atoms with van der Waals surface area (Å²) in [6, 6.07) is 12.4. The first kappa shape index (κ1) is 20.8. The van der Waals surface area contributed by atoms with Crippen LogP contribution in [0.25, 0.3) is 0 Å². The van der Waals surface area contributed by atoms with Crippen LogP contribution in [-0.4, -0.2) is 30.8 Å². The molecule has 0 aliphatic heterocycles. The van der Waals surface area contributed by atoms with Crippen molar-refractivity contribution < 1.29 is 23.9 Å². The number of methoxy groups -OCH3 is 1. The Labute approximate surface area is 163 Å². The topological polar surface area (TPSA) is 108 Å². The van der Waals surface area contributed by atoms with Gasteiger partial charge in [0.25, 0.3) is 0 Å². The number of carbonyl (C=O) groups is 3. The molecule has 7 heteroatoms. The Morgan fingerprint density at radius 2 is 1.64 bits per heavy atom. The van der Waals surface area contributed by atoms with Crippen LogP contribution in [0.15, 0.2) is 47.5 Å². The zero-order valence-electron chi connectivity index (χ0n) is 16.0. The molecule has 0 aliphatic rings. The van der Waals surface area contributed by atoms with Crippen molar-refractivity contribution in [2.45, 2.75) is 26.9 Å². The molecule has 28 heavy (non-hydrogen) atoms. The first-order valence-corrected chi connectivity index (χ1v) is 8.58. The number of benzene rings is 2. The van der Waals surface area contributed by atoms with Crippen LogP contribution in [0.2, 0.25) is 0 Å². The van der Waals surface area contributed by atoms with Gasteiger partial charge in [-0.05, 0) is 48.2 Å². The van der Waals surface area contributed by atoms with Crippen molar-refractivity contribution in [3.05, 3.63) is 70.3 Å². The van der Waals surface area contributed by atoms with Gasteiger partial charge < -0.3 is 15.2 Å². The molecule has 2 aromatic carbocycles. The van der Waals surface area contributed by atoms with Crippen molar-refractivity contribution in [3.8, 4) is 0 Å². The molecular formula is C21H22N2O5. The van der Waals surface area contributed by atoms with Crippen molar-refractivity contribution in [1.82, 2.24) is 0 Å². The van der Waals surface area contributed by atoms with Crippen molar-refractivity contribution in [2.75, 3.05) is 7.11 Å². The van der Waals surface area contributed by atoms with Crippen molar-refractivity contribution >= 4 is 23.7 Å². The first-order chi connectivity index (χ1) is 13.3. The molecule has 2 amide bonds. The molecular weight excluding hydrogens is 360 g/mol. The van der Waals surface area contributed by atoms with Gasteiger partial charge in [0.1, 0.15) is 12.3 Å². The second-order valence-electron chi connectivity index (χ2n) is 6.22. The number of aryl methyl sites for hydroxylation is 2. The monoisotopic (exact) mass is 382 g/mol. The molecule has 2 N–H and O–H groups in total. The summed E-state index contributed by atoms with van der Waals surface area (Å²) < 4.78 is 9.84. The van der Waals surface area contributed by atoms with Crippen LogP contribution in [0.5, 0.6) is 0 Å². The van der Waals surface area contributed by atoms with Crippen LogP contribution in [0.3, 0.4) is 0 Å². The van der Waals surface area contributed by atoms with E-state index in [1.165, 1.54) is 7.11 Å². The highest BCUT2D eigenvalue weighted by Crippen LogP contribution is 2.18. The summed E-state index contributed by atoms with van der Waals surface area (Å²) >= 11 is 0. The van der Waals surface area contributed by atoms with E-state index in [2.05, 4.69) is 4.99 Å². The highest BCUT2D eigenvalue weighted by molar-refractivity contribution is 6.38. The fourth-order valence-corrected chi connectivity index (χ4v) is 2.72. The summed E-state index contributed by atoms with van der Waals surface area (Å²) in [6.45, 7) is 3.62. The molecule has 0 saturated carbocycles. The third kappa shape index (κ3) is 5.51. The van der Waals surface area contributed by atoms with Crippen LogP contribution >= 0.6 is 0 Å². The third-order valence-electron chi connectivity index (χ3n) is 4.18. The zero-order valence-corrected chi connectivity index (χ0v) is 16.0. The Hall–Kier alpha value is -3.48. The van der Waals surface area contributed by atoms with Crippen LogP contribution in [0, 0.1) is 13.8 Å². The third-order valence-corrected chi connectivity index (χ3v) is 4.18. The average molecular weight is 382 g/mol. The normalized spacial score (nSPS) is 11.0. The molecule has 2 rings (SSSR count). The Balaban J connectivity index is 2.22. The smallest absolute Gasteiger partial charge is 0.434 e. The Bertz CT molecular complexity index is 897. The summed E-state index contributed by atoms with van der Waals surface area (Å²) in [4.78, 5) is 39.3. The molecule has 0 atom stereocenters. The number of rotatable bonds is 6. The lowest BCUT2D eigenvalue weighted by molar-refractivity contribution is -0.132. The molecule has 0 saturated heterocycles. The second-order valence-corrected chi connectivity index (χ2v) is 6.22. The Morgan fingerprint density at radius 1 is 1.04 bits per heavy atom. The maximum absolute atomic E-state index is 12.1. The predicted octanol–water partition coefficient (Wildman–Crippen LogP) is 2.90. The van der Waals surface area contributed by atoms with Crippen LogP contribution < -0.4 is 5.73 Å². The number of nitrogens with zero attached hydrogens (tertiary/aromatic N) is 1. The summed E-state index contributed by atoms with van der Waals surface area (Å²) in [5.41, 5.74) is 8.68. The Morgan fingerprint density at radius 3 is 2.18 bits per heavy atom. The molecule has 0 fully saturated rings. The molecule has 2 aromatic rings. The fraction of sp³-hybridized carbons (Fsp3) is 0.238. The van der Waals surface area contributed by atoms with E-state index in [0.717, 1.165) is 22.3 Å². The number of nitrogens with two attached hydrogens (primary N) is 1. The van der Waals surface area contributed by atoms with E-state index >= 15 is 0 Å². The molecule has 0 aliphatic carbocycles. The molecule has 0 radical (unpaired) electrons. The number of esters is 1. The second kappa shape index (κ2) is 9.45. The maximum Gasteiger partial charge on any atom is 0.434 e. The van der Waals surface area contributed by atoms with Gasteiger partial charge in [-0.25, -0.2) is 9.59 Å². The van der Waals surface area contributed by atoms with Crippen LogP contribution in [0.1, 0.15) is 32.6 Å². The minimum atomic E-state index is -0.881. The fourth-order valence-electron chi connectivity index (χ4n) is 2.72. The van der Waals surface area contributed by atoms with E-state index in [1.807, 2.05) is 30.3 Å². The standard InChI is InChI=1S/C21H22N2O5/c1-13-9-16(19(22)24)10-14(2)17(13)11-18(20(25)27-3)23-21(26)28-12-15-7-5-4-6-8-15/h4-10H,11-12H2,1-3H3,(H2,22,24). The van der Waals surface area contributed by atoms with Gasteiger partial charge >= 0.3 is 12.1 Å². The summed E-state index contributed by atoms with van der Waals surface area (Å²) in [7, 11) is 1.21. The molecule has 7 nitrogen and oxygen atoms in total. The van der Waals surface area contributed by atoms with Gasteiger partial charge in [0.05, 0.1) is 7.11 Å². The van der Waals surface area contributed by atoms with Gasteiger partial charge in [-0.2, -0.15) is 4.99 Å². The lowest BCUT2D eigenvalue weighted by Gasteiger charge is -2.12. The predicted molar refractivity (Wildman–Crippen MR) is 104 cm³/mol. The molecule has 0 aromatic heterocycles. The number of hydrogen-bond donors (Lipinski definition) is 1. The van der Waals surface area contributed by atoms with E-state index < -0.39 is 18.0 Å². The van der Waals surface area contributed by atoms with E-state index in [9.17, 15) is 14.4 Å². The van der Waals surface area contributed by atoms with Gasteiger partial charge in [0.2, 0.25) is 5.91 Å². The van der Waals surface area contributed by atoms with Crippen LogP contribution in [-0.2, 0) is 27.3 Å². The van der Waals surface area contributed by atoms with Crippen molar-refractivity contribution in [2.24, 2.45) is 10.7 Å². The highest BCUT2D eigenvalue weighted by atomic mass is 16.5. The van der Waals surface area contributed by atoms with Gasteiger partial charge in [-0.1, -0.05) is 30.3 Å². The molecule has 0 unspecified atom stereocenters. The first-order valence-electron chi connectivity index (χ1n) is 8.58. The van der Waals surface area contributed by atoms with E-state index in [0.29, 0.717) is 5.56 Å². The number of primary amides is 1.